The Morgan fingerprint density at radius 3 is 2.95 bits per heavy atom. The molecule has 20 heavy (non-hydrogen) atoms. The number of benzene rings is 1. The fraction of sp³-hybridized carbons (Fsp3) is 0.273. The zero-order valence-corrected chi connectivity index (χ0v) is 10.5. The third-order valence-electron chi connectivity index (χ3n) is 2.54. The molecule has 1 aromatic carbocycles. The number of nitro groups is 1. The third kappa shape index (κ3) is 2.99. The zero-order chi connectivity index (χ0) is 14.5. The van der Waals surface area contributed by atoms with Crippen molar-refractivity contribution in [3.8, 4) is 5.75 Å². The van der Waals surface area contributed by atoms with E-state index in [4.69, 9.17) is 4.74 Å². The highest BCUT2D eigenvalue weighted by Gasteiger charge is 2.19. The second-order valence-corrected chi connectivity index (χ2v) is 3.79. The van der Waals surface area contributed by atoms with Crippen molar-refractivity contribution in [1.29, 1.82) is 0 Å². The molecule has 0 spiro atoms. The maximum absolute atomic E-state index is 13.7. The van der Waals surface area contributed by atoms with Crippen LogP contribution in [-0.2, 0) is 6.42 Å². The summed E-state index contributed by atoms with van der Waals surface area (Å²) in [5, 5.41) is 17.1. The Morgan fingerprint density at radius 2 is 2.35 bits per heavy atom. The van der Waals surface area contributed by atoms with Crippen LogP contribution in [0.1, 0.15) is 5.82 Å². The number of hydrogen-bond acceptors (Lipinski definition) is 7. The van der Waals surface area contributed by atoms with Crippen LogP contribution in [0.4, 0.5) is 15.8 Å². The number of nitrogens with one attached hydrogen (secondary N) is 1. The molecule has 2 aromatic rings. The summed E-state index contributed by atoms with van der Waals surface area (Å²) in [5.74, 6) is -0.268. The number of hydrogen-bond donors (Lipinski definition) is 1. The summed E-state index contributed by atoms with van der Waals surface area (Å²) in [5.41, 5.74) is -0.315. The third-order valence-corrected chi connectivity index (χ3v) is 2.54. The van der Waals surface area contributed by atoms with Gasteiger partial charge in [0, 0.05) is 19.0 Å². The van der Waals surface area contributed by atoms with Crippen molar-refractivity contribution in [2.75, 3.05) is 19.0 Å². The van der Waals surface area contributed by atoms with E-state index in [-0.39, 0.29) is 11.4 Å². The van der Waals surface area contributed by atoms with E-state index in [1.54, 1.807) is 0 Å². The van der Waals surface area contributed by atoms with E-state index in [2.05, 4.69) is 20.0 Å². The van der Waals surface area contributed by atoms with Gasteiger partial charge in [0.25, 0.3) is 0 Å². The summed E-state index contributed by atoms with van der Waals surface area (Å²) >= 11 is 0. The number of anilines is 1. The molecule has 0 atom stereocenters. The number of rotatable bonds is 6. The largest absolute Gasteiger partial charge is 0.490 e. The fourth-order valence-electron chi connectivity index (χ4n) is 1.60. The van der Waals surface area contributed by atoms with E-state index in [0.29, 0.717) is 18.8 Å². The van der Waals surface area contributed by atoms with E-state index < -0.39 is 16.4 Å². The molecule has 1 aromatic heterocycles. The Hall–Kier alpha value is -2.71. The Morgan fingerprint density at radius 1 is 1.55 bits per heavy atom. The Bertz CT molecular complexity index is 603. The molecule has 0 saturated carbocycles. The van der Waals surface area contributed by atoms with Gasteiger partial charge < -0.3 is 14.6 Å². The minimum absolute atomic E-state index is 0.0153. The van der Waals surface area contributed by atoms with E-state index in [0.717, 1.165) is 6.07 Å². The summed E-state index contributed by atoms with van der Waals surface area (Å²) in [6.07, 6.45) is 1.63. The van der Waals surface area contributed by atoms with Crippen LogP contribution in [-0.4, -0.2) is 28.7 Å². The van der Waals surface area contributed by atoms with Crippen LogP contribution >= 0.6 is 0 Å². The summed E-state index contributed by atoms with van der Waals surface area (Å²) < 4.78 is 23.1. The molecule has 1 N–H and O–H groups in total. The van der Waals surface area contributed by atoms with Crippen LogP contribution in [0.15, 0.2) is 23.0 Å². The number of nitrogens with zero attached hydrogens (tertiary/aromatic N) is 3. The van der Waals surface area contributed by atoms with Gasteiger partial charge in [-0.15, -0.1) is 0 Å². The summed E-state index contributed by atoms with van der Waals surface area (Å²) in [7, 11) is 1.28. The molecule has 0 fully saturated rings. The minimum Gasteiger partial charge on any atom is -0.490 e. The summed E-state index contributed by atoms with van der Waals surface area (Å²) in [6.45, 7) is 0.345. The van der Waals surface area contributed by atoms with Gasteiger partial charge in [-0.3, -0.25) is 10.1 Å². The highest BCUT2D eigenvalue weighted by molar-refractivity contribution is 5.59. The lowest BCUT2D eigenvalue weighted by Crippen LogP contribution is -2.08. The van der Waals surface area contributed by atoms with Crippen LogP contribution in [0, 0.1) is 15.9 Å². The molecule has 0 aliphatic rings. The standard InChI is InChI=1S/C11H11FN4O4/c1-19-10-5-8(7(12)4-9(10)16(17)18)13-3-2-11-14-6-20-15-11/h4-6,13H,2-3H2,1H3. The number of halogens is 1. The van der Waals surface area contributed by atoms with Crippen LogP contribution < -0.4 is 10.1 Å². The lowest BCUT2D eigenvalue weighted by atomic mass is 10.2. The van der Waals surface area contributed by atoms with Crippen molar-refractivity contribution in [3.63, 3.8) is 0 Å². The second-order valence-electron chi connectivity index (χ2n) is 3.79. The average molecular weight is 282 g/mol. The number of ether oxygens (including phenoxy) is 1. The van der Waals surface area contributed by atoms with E-state index in [1.807, 2.05) is 0 Å². The first-order valence-corrected chi connectivity index (χ1v) is 5.63. The highest BCUT2D eigenvalue weighted by Crippen LogP contribution is 2.32. The first-order chi connectivity index (χ1) is 9.61. The van der Waals surface area contributed by atoms with Gasteiger partial charge in [0.1, 0.15) is 0 Å². The molecule has 2 rings (SSSR count). The van der Waals surface area contributed by atoms with Gasteiger partial charge >= 0.3 is 5.69 Å². The van der Waals surface area contributed by atoms with Gasteiger partial charge in [-0.25, -0.2) is 4.39 Å². The minimum atomic E-state index is -0.731. The van der Waals surface area contributed by atoms with Crippen molar-refractivity contribution in [1.82, 2.24) is 10.1 Å². The fourth-order valence-corrected chi connectivity index (χ4v) is 1.60. The van der Waals surface area contributed by atoms with Gasteiger partial charge in [0.15, 0.2) is 17.4 Å². The van der Waals surface area contributed by atoms with Crippen LogP contribution in [0.3, 0.4) is 0 Å². The Labute approximate surface area is 112 Å². The molecule has 8 nitrogen and oxygen atoms in total. The highest BCUT2D eigenvalue weighted by atomic mass is 19.1. The van der Waals surface area contributed by atoms with Crippen molar-refractivity contribution in [2.24, 2.45) is 0 Å². The van der Waals surface area contributed by atoms with Crippen molar-refractivity contribution in [2.45, 2.75) is 6.42 Å². The van der Waals surface area contributed by atoms with Crippen molar-refractivity contribution in [3.05, 3.63) is 40.3 Å². The molecule has 0 aliphatic carbocycles. The number of aromatic nitrogens is 2. The van der Waals surface area contributed by atoms with Gasteiger partial charge in [0.05, 0.1) is 23.8 Å². The second kappa shape index (κ2) is 5.95. The Balaban J connectivity index is 2.09. The lowest BCUT2D eigenvalue weighted by Gasteiger charge is -2.08. The summed E-state index contributed by atoms with van der Waals surface area (Å²) in [6, 6.07) is 2.05. The van der Waals surface area contributed by atoms with Gasteiger partial charge in [-0.05, 0) is 0 Å². The van der Waals surface area contributed by atoms with Crippen LogP contribution in [0.25, 0.3) is 0 Å². The number of methoxy groups -OCH3 is 1. The quantitative estimate of drug-likeness (QED) is 0.636. The monoisotopic (exact) mass is 282 g/mol. The predicted molar refractivity (Wildman–Crippen MR) is 66.1 cm³/mol. The van der Waals surface area contributed by atoms with Crippen molar-refractivity contribution < 1.29 is 18.6 Å². The van der Waals surface area contributed by atoms with Crippen molar-refractivity contribution >= 4 is 11.4 Å². The van der Waals surface area contributed by atoms with E-state index in [1.165, 1.54) is 19.6 Å². The topological polar surface area (TPSA) is 103 Å². The molecule has 0 aliphatic heterocycles. The maximum atomic E-state index is 13.7. The van der Waals surface area contributed by atoms with Gasteiger partial charge in [-0.1, -0.05) is 5.16 Å². The van der Waals surface area contributed by atoms with Crippen LogP contribution in [0.5, 0.6) is 5.75 Å². The number of nitro benzene ring substituents is 1. The zero-order valence-electron chi connectivity index (χ0n) is 10.5. The molecule has 0 amide bonds. The molecular formula is C11H11FN4O4. The Kier molecular flexibility index (Phi) is 4.08. The first-order valence-electron chi connectivity index (χ1n) is 5.63. The van der Waals surface area contributed by atoms with Crippen LogP contribution in [0.2, 0.25) is 0 Å². The van der Waals surface area contributed by atoms with Gasteiger partial charge in [-0.2, -0.15) is 4.98 Å². The van der Waals surface area contributed by atoms with E-state index >= 15 is 0 Å². The summed E-state index contributed by atoms with van der Waals surface area (Å²) in [4.78, 5) is 13.8. The lowest BCUT2D eigenvalue weighted by molar-refractivity contribution is -0.385. The molecule has 106 valence electrons. The molecule has 0 unspecified atom stereocenters. The maximum Gasteiger partial charge on any atom is 0.313 e. The first kappa shape index (κ1) is 13.7. The molecule has 0 saturated heterocycles. The van der Waals surface area contributed by atoms with Gasteiger partial charge in [0.2, 0.25) is 6.39 Å². The molecule has 0 bridgehead atoms. The predicted octanol–water partition coefficient (Wildman–Crippen LogP) is 1.78. The molecule has 0 radical (unpaired) electrons. The molecular weight excluding hydrogens is 271 g/mol. The van der Waals surface area contributed by atoms with E-state index in [9.17, 15) is 14.5 Å². The molecule has 1 heterocycles. The smallest absolute Gasteiger partial charge is 0.313 e. The SMILES string of the molecule is COc1cc(NCCc2ncon2)c(F)cc1[N+](=O)[O-]. The average Bonchev–Trinajstić information content (AvgIpc) is 2.93. The molecule has 9 heteroatoms. The normalized spacial score (nSPS) is 10.3.